The molecule has 21 heavy (non-hydrogen) atoms. The van der Waals surface area contributed by atoms with Crippen LogP contribution in [0.3, 0.4) is 0 Å². The van der Waals surface area contributed by atoms with Crippen molar-refractivity contribution in [3.63, 3.8) is 0 Å². The van der Waals surface area contributed by atoms with Crippen molar-refractivity contribution >= 4 is 29.0 Å². The maximum Gasteiger partial charge on any atom is 0.339 e. The van der Waals surface area contributed by atoms with Crippen LogP contribution in [0.4, 0.5) is 5.95 Å². The maximum absolute atomic E-state index is 11.0. The van der Waals surface area contributed by atoms with E-state index in [2.05, 4.69) is 15.1 Å². The van der Waals surface area contributed by atoms with Crippen LogP contribution in [-0.4, -0.2) is 30.7 Å². The number of aromatic carboxylic acids is 1. The van der Waals surface area contributed by atoms with Crippen LogP contribution < -0.4 is 10.5 Å². The van der Waals surface area contributed by atoms with Gasteiger partial charge in [-0.05, 0) is 12.1 Å². The molecular formula is C12H8ClN5O3. The number of nitrogen functional groups attached to an aromatic ring is 1. The molecule has 3 heterocycles. The first kappa shape index (κ1) is 13.1. The maximum atomic E-state index is 11.0. The number of halogens is 1. The molecule has 106 valence electrons. The number of anilines is 1. The Labute approximate surface area is 122 Å². The number of rotatable bonds is 3. The van der Waals surface area contributed by atoms with E-state index in [0.717, 1.165) is 0 Å². The van der Waals surface area contributed by atoms with Crippen molar-refractivity contribution in [3.05, 3.63) is 41.3 Å². The number of fused-ring (bicyclic) bond motifs is 1. The van der Waals surface area contributed by atoms with E-state index in [-0.39, 0.29) is 22.5 Å². The summed E-state index contributed by atoms with van der Waals surface area (Å²) in [6, 6.07) is 4.58. The lowest BCUT2D eigenvalue weighted by Gasteiger charge is -2.06. The second kappa shape index (κ2) is 4.91. The van der Waals surface area contributed by atoms with E-state index in [1.807, 2.05) is 0 Å². The molecule has 0 aliphatic carbocycles. The molecule has 0 aromatic carbocycles. The highest BCUT2D eigenvalue weighted by Gasteiger charge is 2.12. The van der Waals surface area contributed by atoms with E-state index >= 15 is 0 Å². The highest BCUT2D eigenvalue weighted by atomic mass is 35.5. The lowest BCUT2D eigenvalue weighted by atomic mass is 10.2. The smallest absolute Gasteiger partial charge is 0.339 e. The molecule has 0 fully saturated rings. The Kier molecular flexibility index (Phi) is 3.07. The fraction of sp³-hybridized carbons (Fsp3) is 0. The van der Waals surface area contributed by atoms with Gasteiger partial charge in [0, 0.05) is 6.07 Å². The Morgan fingerprint density at radius 2 is 2.19 bits per heavy atom. The molecule has 8 nitrogen and oxygen atoms in total. The number of ether oxygens (including phenoxy) is 1. The van der Waals surface area contributed by atoms with E-state index in [4.69, 9.17) is 27.2 Å². The van der Waals surface area contributed by atoms with Gasteiger partial charge in [0.1, 0.15) is 16.5 Å². The Morgan fingerprint density at radius 3 is 2.90 bits per heavy atom. The van der Waals surface area contributed by atoms with Gasteiger partial charge < -0.3 is 15.6 Å². The number of carboxylic acid groups (broad SMARTS) is 1. The van der Waals surface area contributed by atoms with Gasteiger partial charge in [-0.1, -0.05) is 11.6 Å². The van der Waals surface area contributed by atoms with Crippen LogP contribution in [0.1, 0.15) is 10.4 Å². The highest BCUT2D eigenvalue weighted by molar-refractivity contribution is 6.29. The molecule has 9 heteroatoms. The van der Waals surface area contributed by atoms with Gasteiger partial charge in [0.2, 0.25) is 11.8 Å². The van der Waals surface area contributed by atoms with Crippen molar-refractivity contribution in [2.24, 2.45) is 0 Å². The lowest BCUT2D eigenvalue weighted by molar-refractivity contribution is 0.0699. The monoisotopic (exact) mass is 305 g/mol. The Balaban J connectivity index is 1.96. The summed E-state index contributed by atoms with van der Waals surface area (Å²) in [5, 5.41) is 13.1. The molecule has 0 spiro atoms. The number of pyridine rings is 1. The average Bonchev–Trinajstić information content (AvgIpc) is 2.80. The molecule has 0 bridgehead atoms. The first-order valence-electron chi connectivity index (χ1n) is 5.71. The van der Waals surface area contributed by atoms with Crippen molar-refractivity contribution in [2.45, 2.75) is 0 Å². The van der Waals surface area contributed by atoms with Crippen molar-refractivity contribution < 1.29 is 14.6 Å². The second-order valence-electron chi connectivity index (χ2n) is 4.05. The summed E-state index contributed by atoms with van der Waals surface area (Å²) in [7, 11) is 0. The predicted octanol–water partition coefficient (Wildman–Crippen LogP) is 1.85. The summed E-state index contributed by atoms with van der Waals surface area (Å²) >= 11 is 5.76. The van der Waals surface area contributed by atoms with E-state index in [1.165, 1.54) is 23.0 Å². The molecule has 0 atom stereocenters. The number of aromatic nitrogens is 4. The van der Waals surface area contributed by atoms with Gasteiger partial charge in [-0.25, -0.2) is 14.3 Å². The summed E-state index contributed by atoms with van der Waals surface area (Å²) in [5.41, 5.74) is 6.03. The van der Waals surface area contributed by atoms with Gasteiger partial charge in [0.05, 0.1) is 17.9 Å². The van der Waals surface area contributed by atoms with Gasteiger partial charge >= 0.3 is 5.97 Å². The molecule has 0 amide bonds. The van der Waals surface area contributed by atoms with Crippen molar-refractivity contribution in [2.75, 3.05) is 5.73 Å². The van der Waals surface area contributed by atoms with Gasteiger partial charge in [0.15, 0.2) is 0 Å². The van der Waals surface area contributed by atoms with Gasteiger partial charge in [-0.2, -0.15) is 10.1 Å². The molecule has 3 aromatic heterocycles. The normalized spacial score (nSPS) is 10.7. The van der Waals surface area contributed by atoms with Crippen LogP contribution in [-0.2, 0) is 0 Å². The third kappa shape index (κ3) is 2.56. The third-order valence-corrected chi connectivity index (χ3v) is 2.82. The molecule has 0 aliphatic heterocycles. The quantitative estimate of drug-likeness (QED) is 0.709. The van der Waals surface area contributed by atoms with Crippen LogP contribution in [0.2, 0.25) is 5.15 Å². The molecule has 3 N–H and O–H groups in total. The van der Waals surface area contributed by atoms with Gasteiger partial charge in [-0.15, -0.1) is 0 Å². The molecule has 3 aromatic rings. The largest absolute Gasteiger partial charge is 0.478 e. The van der Waals surface area contributed by atoms with Crippen LogP contribution in [0, 0.1) is 0 Å². The van der Waals surface area contributed by atoms with Crippen LogP contribution >= 0.6 is 11.6 Å². The predicted molar refractivity (Wildman–Crippen MR) is 73.7 cm³/mol. The summed E-state index contributed by atoms with van der Waals surface area (Å²) in [4.78, 5) is 18.6. The zero-order valence-corrected chi connectivity index (χ0v) is 11.2. The minimum Gasteiger partial charge on any atom is -0.478 e. The minimum atomic E-state index is -1.05. The first-order valence-corrected chi connectivity index (χ1v) is 6.09. The summed E-state index contributed by atoms with van der Waals surface area (Å²) in [6.45, 7) is 0. The Bertz CT molecular complexity index is 828. The van der Waals surface area contributed by atoms with Crippen LogP contribution in [0.25, 0.3) is 5.52 Å². The molecule has 0 aliphatic rings. The van der Waals surface area contributed by atoms with Crippen molar-refractivity contribution in [1.29, 1.82) is 0 Å². The van der Waals surface area contributed by atoms with Gasteiger partial charge in [0.25, 0.3) is 0 Å². The fourth-order valence-electron chi connectivity index (χ4n) is 1.78. The number of nitrogens with zero attached hydrogens (tertiary/aromatic N) is 4. The van der Waals surface area contributed by atoms with Crippen molar-refractivity contribution in [1.82, 2.24) is 19.6 Å². The molecular weight excluding hydrogens is 298 g/mol. The molecule has 3 rings (SSSR count). The van der Waals surface area contributed by atoms with E-state index in [1.54, 1.807) is 12.1 Å². The number of hydrogen-bond acceptors (Lipinski definition) is 6. The van der Waals surface area contributed by atoms with E-state index in [0.29, 0.717) is 11.3 Å². The second-order valence-corrected chi connectivity index (χ2v) is 4.43. The van der Waals surface area contributed by atoms with Gasteiger partial charge in [-0.3, -0.25) is 0 Å². The lowest BCUT2D eigenvalue weighted by Crippen LogP contribution is -1.98. The fourth-order valence-corrected chi connectivity index (χ4v) is 1.96. The minimum absolute atomic E-state index is 0.00849. The zero-order chi connectivity index (χ0) is 15.0. The molecule has 0 saturated carbocycles. The summed E-state index contributed by atoms with van der Waals surface area (Å²) < 4.78 is 6.89. The number of carboxylic acids is 1. The Hall–Kier alpha value is -2.87. The van der Waals surface area contributed by atoms with E-state index < -0.39 is 5.97 Å². The summed E-state index contributed by atoms with van der Waals surface area (Å²) in [5.74, 6) is -0.478. The number of nitrogens with two attached hydrogens (primary N) is 1. The zero-order valence-electron chi connectivity index (χ0n) is 10.4. The SMILES string of the molecule is Nc1nc(Cl)cc(Oc2ccc3c(C(=O)O)cnn3c2)n1. The highest BCUT2D eigenvalue weighted by Crippen LogP contribution is 2.23. The number of hydrogen-bond donors (Lipinski definition) is 2. The molecule has 0 unspecified atom stereocenters. The molecule has 0 radical (unpaired) electrons. The average molecular weight is 306 g/mol. The van der Waals surface area contributed by atoms with Crippen LogP contribution in [0.15, 0.2) is 30.6 Å². The summed E-state index contributed by atoms with van der Waals surface area (Å²) in [6.07, 6.45) is 2.79. The van der Waals surface area contributed by atoms with Crippen LogP contribution in [0.5, 0.6) is 11.6 Å². The number of carbonyl (C=O) groups is 1. The Morgan fingerprint density at radius 1 is 1.38 bits per heavy atom. The third-order valence-electron chi connectivity index (χ3n) is 2.63. The van der Waals surface area contributed by atoms with Crippen molar-refractivity contribution in [3.8, 4) is 11.6 Å². The first-order chi connectivity index (χ1) is 10.0. The topological polar surface area (TPSA) is 116 Å². The standard InChI is InChI=1S/C12H8ClN5O3/c13-9-3-10(17-12(14)16-9)21-6-1-2-8-7(11(19)20)4-15-18(8)5-6/h1-5H,(H,19,20)(H2,14,16,17). The molecule has 0 saturated heterocycles. The van der Waals surface area contributed by atoms with E-state index in [9.17, 15) is 4.79 Å².